The number of nitrogens with zero attached hydrogens (tertiary/aromatic N) is 1. The number of morpholine rings is 1. The summed E-state index contributed by atoms with van der Waals surface area (Å²) in [5, 5.41) is 0. The topological polar surface area (TPSA) is 38.8 Å². The van der Waals surface area contributed by atoms with Crippen LogP contribution in [0.15, 0.2) is 30.3 Å². The van der Waals surface area contributed by atoms with Crippen LogP contribution in [0, 0.1) is 0 Å². The van der Waals surface area contributed by atoms with E-state index in [0.717, 1.165) is 5.75 Å². The molecule has 0 saturated carbocycles. The van der Waals surface area contributed by atoms with Crippen molar-refractivity contribution in [2.24, 2.45) is 0 Å². The number of benzene rings is 1. The standard InChI is InChI=1S/C15H21NO3/c1-11-9-16(10-12(2)18-11)15(17)13(3)19-14-7-5-4-6-8-14/h4-8,11-13H,9-10H2,1-3H3/t11-,12-,13+/m1/s1. The molecular formula is C15H21NO3. The molecule has 1 saturated heterocycles. The van der Waals surface area contributed by atoms with Crippen LogP contribution in [-0.2, 0) is 9.53 Å². The fourth-order valence-corrected chi connectivity index (χ4v) is 2.37. The van der Waals surface area contributed by atoms with Crippen LogP contribution in [0.4, 0.5) is 0 Å². The SMILES string of the molecule is C[C@@H]1CN(C(=O)[C@H](C)Oc2ccccc2)C[C@@H](C)O1. The molecule has 1 aromatic carbocycles. The van der Waals surface area contributed by atoms with Gasteiger partial charge in [-0.05, 0) is 32.9 Å². The molecule has 19 heavy (non-hydrogen) atoms. The van der Waals surface area contributed by atoms with Crippen molar-refractivity contribution >= 4 is 5.91 Å². The lowest BCUT2D eigenvalue weighted by molar-refractivity contribution is -0.149. The van der Waals surface area contributed by atoms with Gasteiger partial charge in [0, 0.05) is 13.1 Å². The molecule has 0 aromatic heterocycles. The molecule has 2 rings (SSSR count). The minimum Gasteiger partial charge on any atom is -0.481 e. The molecule has 1 aromatic rings. The third-order valence-electron chi connectivity index (χ3n) is 3.14. The van der Waals surface area contributed by atoms with Gasteiger partial charge in [0.25, 0.3) is 5.91 Å². The molecule has 4 nitrogen and oxygen atoms in total. The summed E-state index contributed by atoms with van der Waals surface area (Å²) in [5.74, 6) is 0.739. The Balaban J connectivity index is 1.95. The van der Waals surface area contributed by atoms with Gasteiger partial charge in [0.05, 0.1) is 12.2 Å². The number of rotatable bonds is 3. The Bertz CT molecular complexity index is 411. The van der Waals surface area contributed by atoms with Gasteiger partial charge in [-0.1, -0.05) is 18.2 Å². The van der Waals surface area contributed by atoms with Crippen LogP contribution in [0.5, 0.6) is 5.75 Å². The van der Waals surface area contributed by atoms with Crippen LogP contribution in [0.3, 0.4) is 0 Å². The van der Waals surface area contributed by atoms with Crippen molar-refractivity contribution in [3.05, 3.63) is 30.3 Å². The summed E-state index contributed by atoms with van der Waals surface area (Å²) in [6.07, 6.45) is -0.312. The molecule has 0 aliphatic carbocycles. The van der Waals surface area contributed by atoms with Gasteiger partial charge >= 0.3 is 0 Å². The Morgan fingerprint density at radius 2 is 1.84 bits per heavy atom. The predicted octanol–water partition coefficient (Wildman–Crippen LogP) is 2.09. The number of hydrogen-bond donors (Lipinski definition) is 0. The van der Waals surface area contributed by atoms with Gasteiger partial charge in [-0.2, -0.15) is 0 Å². The Labute approximate surface area is 114 Å². The van der Waals surface area contributed by atoms with E-state index >= 15 is 0 Å². The smallest absolute Gasteiger partial charge is 0.263 e. The molecule has 3 atom stereocenters. The fraction of sp³-hybridized carbons (Fsp3) is 0.533. The minimum absolute atomic E-state index is 0.0193. The first-order valence-corrected chi connectivity index (χ1v) is 6.72. The van der Waals surface area contributed by atoms with Crippen molar-refractivity contribution in [1.29, 1.82) is 0 Å². The second-order valence-electron chi connectivity index (χ2n) is 5.07. The van der Waals surface area contributed by atoms with E-state index in [1.165, 1.54) is 0 Å². The highest BCUT2D eigenvalue weighted by Gasteiger charge is 2.29. The average Bonchev–Trinajstić information content (AvgIpc) is 2.37. The molecule has 4 heteroatoms. The van der Waals surface area contributed by atoms with Gasteiger partial charge in [0.15, 0.2) is 6.10 Å². The average molecular weight is 263 g/mol. The van der Waals surface area contributed by atoms with Gasteiger partial charge in [0.2, 0.25) is 0 Å². The summed E-state index contributed by atoms with van der Waals surface area (Å²) in [6, 6.07) is 9.42. The van der Waals surface area contributed by atoms with Crippen LogP contribution in [-0.4, -0.2) is 42.2 Å². The molecule has 1 heterocycles. The van der Waals surface area contributed by atoms with Crippen LogP contribution >= 0.6 is 0 Å². The first kappa shape index (κ1) is 13.9. The lowest BCUT2D eigenvalue weighted by Gasteiger charge is -2.36. The van der Waals surface area contributed by atoms with Crippen molar-refractivity contribution in [3.8, 4) is 5.75 Å². The van der Waals surface area contributed by atoms with E-state index in [1.54, 1.807) is 6.92 Å². The quantitative estimate of drug-likeness (QED) is 0.838. The molecule has 0 spiro atoms. The highest BCUT2D eigenvalue weighted by molar-refractivity contribution is 5.81. The lowest BCUT2D eigenvalue weighted by Crippen LogP contribution is -2.51. The molecule has 104 valence electrons. The third kappa shape index (κ3) is 3.70. The van der Waals surface area contributed by atoms with Crippen molar-refractivity contribution in [2.75, 3.05) is 13.1 Å². The fourth-order valence-electron chi connectivity index (χ4n) is 2.37. The molecule has 1 amide bonds. The summed E-state index contributed by atoms with van der Waals surface area (Å²) in [5.41, 5.74) is 0. The zero-order chi connectivity index (χ0) is 13.8. The van der Waals surface area contributed by atoms with Crippen LogP contribution in [0.2, 0.25) is 0 Å². The monoisotopic (exact) mass is 263 g/mol. The highest BCUT2D eigenvalue weighted by Crippen LogP contribution is 2.15. The molecule has 0 radical (unpaired) electrons. The van der Waals surface area contributed by atoms with Crippen molar-refractivity contribution in [1.82, 2.24) is 4.90 Å². The van der Waals surface area contributed by atoms with E-state index in [9.17, 15) is 4.79 Å². The minimum atomic E-state index is -0.472. The number of carbonyl (C=O) groups is 1. The lowest BCUT2D eigenvalue weighted by atomic mass is 10.2. The number of amides is 1. The normalized spacial score (nSPS) is 24.9. The maximum atomic E-state index is 12.3. The summed E-state index contributed by atoms with van der Waals surface area (Å²) in [7, 11) is 0. The molecule has 0 N–H and O–H groups in total. The van der Waals surface area contributed by atoms with Crippen LogP contribution in [0.25, 0.3) is 0 Å². The highest BCUT2D eigenvalue weighted by atomic mass is 16.5. The largest absolute Gasteiger partial charge is 0.481 e. The van der Waals surface area contributed by atoms with Crippen molar-refractivity contribution < 1.29 is 14.3 Å². The van der Waals surface area contributed by atoms with E-state index in [2.05, 4.69) is 0 Å². The predicted molar refractivity (Wildman–Crippen MR) is 73.1 cm³/mol. The summed E-state index contributed by atoms with van der Waals surface area (Å²) in [6.45, 7) is 7.02. The van der Waals surface area contributed by atoms with Gasteiger partial charge in [-0.25, -0.2) is 0 Å². The Morgan fingerprint density at radius 3 is 2.42 bits per heavy atom. The van der Waals surface area contributed by atoms with Gasteiger partial charge in [0.1, 0.15) is 5.75 Å². The van der Waals surface area contributed by atoms with Gasteiger partial charge in [-0.3, -0.25) is 4.79 Å². The number of hydrogen-bond acceptors (Lipinski definition) is 3. The second kappa shape index (κ2) is 6.06. The van der Waals surface area contributed by atoms with E-state index in [4.69, 9.17) is 9.47 Å². The van der Waals surface area contributed by atoms with E-state index in [0.29, 0.717) is 13.1 Å². The molecular weight excluding hydrogens is 242 g/mol. The third-order valence-corrected chi connectivity index (χ3v) is 3.14. The molecule has 1 aliphatic heterocycles. The van der Waals surface area contributed by atoms with E-state index < -0.39 is 6.10 Å². The molecule has 0 unspecified atom stereocenters. The first-order valence-electron chi connectivity index (χ1n) is 6.72. The van der Waals surface area contributed by atoms with Gasteiger partial charge in [-0.15, -0.1) is 0 Å². The summed E-state index contributed by atoms with van der Waals surface area (Å²) >= 11 is 0. The van der Waals surface area contributed by atoms with E-state index in [1.807, 2.05) is 49.1 Å². The number of para-hydroxylation sites is 1. The first-order chi connectivity index (χ1) is 9.06. The van der Waals surface area contributed by atoms with Crippen molar-refractivity contribution in [2.45, 2.75) is 39.1 Å². The molecule has 1 aliphatic rings. The Morgan fingerprint density at radius 1 is 1.26 bits per heavy atom. The van der Waals surface area contributed by atoms with Crippen LogP contribution in [0.1, 0.15) is 20.8 Å². The van der Waals surface area contributed by atoms with Crippen molar-refractivity contribution in [3.63, 3.8) is 0 Å². The summed E-state index contributed by atoms with van der Waals surface area (Å²) < 4.78 is 11.3. The maximum Gasteiger partial charge on any atom is 0.263 e. The van der Waals surface area contributed by atoms with Gasteiger partial charge < -0.3 is 14.4 Å². The Kier molecular flexibility index (Phi) is 4.43. The zero-order valence-corrected chi connectivity index (χ0v) is 11.7. The number of ether oxygens (including phenoxy) is 2. The molecule has 0 bridgehead atoms. The van der Waals surface area contributed by atoms with Crippen LogP contribution < -0.4 is 4.74 Å². The zero-order valence-electron chi connectivity index (χ0n) is 11.7. The maximum absolute atomic E-state index is 12.3. The Hall–Kier alpha value is -1.55. The summed E-state index contributed by atoms with van der Waals surface area (Å²) in [4.78, 5) is 14.2. The van der Waals surface area contributed by atoms with E-state index in [-0.39, 0.29) is 18.1 Å². The second-order valence-corrected chi connectivity index (χ2v) is 5.07. The number of carbonyl (C=O) groups excluding carboxylic acids is 1. The molecule has 1 fully saturated rings.